The molecule has 4 nitrogen and oxygen atoms in total. The Hall–Kier alpha value is -2.80. The Morgan fingerprint density at radius 3 is 2.76 bits per heavy atom. The second-order valence-electron chi connectivity index (χ2n) is 8.70. The minimum Gasteiger partial charge on any atom is -0.504 e. The normalized spacial score (nSPS) is 21.0. The lowest BCUT2D eigenvalue weighted by atomic mass is 9.76. The van der Waals surface area contributed by atoms with E-state index in [2.05, 4.69) is 94.4 Å². The van der Waals surface area contributed by atoms with E-state index in [4.69, 9.17) is 4.74 Å². The molecule has 5 heteroatoms. The fourth-order valence-corrected chi connectivity index (χ4v) is 5.52. The van der Waals surface area contributed by atoms with Gasteiger partial charge in [-0.25, -0.2) is 0 Å². The maximum Gasteiger partial charge on any atom is 0.171 e. The monoisotopic (exact) mass is 550 g/mol. The highest BCUT2D eigenvalue weighted by Gasteiger charge is 2.37. The molecular weight excluding hydrogens is 523 g/mol. The van der Waals surface area contributed by atoms with Crippen LogP contribution in [0, 0.1) is 16.4 Å². The number of halogens is 1. The maximum absolute atomic E-state index is 10.1. The third-order valence-electron chi connectivity index (χ3n) is 6.48. The molecule has 0 unspecified atom stereocenters. The summed E-state index contributed by atoms with van der Waals surface area (Å²) in [6.07, 6.45) is 7.62. The van der Waals surface area contributed by atoms with Crippen LogP contribution in [0.4, 0.5) is 11.4 Å². The predicted octanol–water partition coefficient (Wildman–Crippen LogP) is 7.28. The zero-order chi connectivity index (χ0) is 22.9. The Bertz CT molecular complexity index is 1230. The Balaban J connectivity index is 1.37. The third kappa shape index (κ3) is 4.38. The lowest BCUT2D eigenvalue weighted by molar-refractivity contribution is 0.317. The van der Waals surface area contributed by atoms with Gasteiger partial charge in [-0.15, -0.1) is 0 Å². The Morgan fingerprint density at radius 2 is 1.97 bits per heavy atom. The van der Waals surface area contributed by atoms with Gasteiger partial charge in [-0.2, -0.15) is 0 Å². The minimum atomic E-state index is 0.176. The largest absolute Gasteiger partial charge is 0.504 e. The Morgan fingerprint density at radius 1 is 1.15 bits per heavy atom. The molecule has 3 aromatic rings. The molecule has 2 aliphatic rings. The number of aromatic hydroxyl groups is 1. The molecule has 0 bridgehead atoms. The van der Waals surface area contributed by atoms with Crippen molar-refractivity contribution in [1.29, 1.82) is 0 Å². The zero-order valence-corrected chi connectivity index (χ0v) is 20.9. The van der Waals surface area contributed by atoms with E-state index in [1.54, 1.807) is 0 Å². The summed E-state index contributed by atoms with van der Waals surface area (Å²) in [5.74, 6) is 1.67. The number of nitrogens with one attached hydrogen (secondary N) is 1. The number of allylic oxidation sites excluding steroid dienone is 2. The predicted molar refractivity (Wildman–Crippen MR) is 143 cm³/mol. The summed E-state index contributed by atoms with van der Waals surface area (Å²) in [5, 5.41) is 13.9. The van der Waals surface area contributed by atoms with Crippen LogP contribution in [0.3, 0.4) is 0 Å². The number of anilines is 1. The van der Waals surface area contributed by atoms with E-state index in [1.807, 2.05) is 25.3 Å². The average molecular weight is 550 g/mol. The van der Waals surface area contributed by atoms with E-state index in [0.717, 1.165) is 21.2 Å². The van der Waals surface area contributed by atoms with Crippen LogP contribution in [0.1, 0.15) is 47.6 Å². The second-order valence-corrected chi connectivity index (χ2v) is 9.86. The Labute approximate surface area is 208 Å². The number of aryl methyl sites for hydroxylation is 1. The van der Waals surface area contributed by atoms with Gasteiger partial charge in [0.15, 0.2) is 11.5 Å². The number of hydrogen-bond donors (Lipinski definition) is 2. The van der Waals surface area contributed by atoms with E-state index in [-0.39, 0.29) is 11.8 Å². The highest BCUT2D eigenvalue weighted by atomic mass is 127. The first-order valence-corrected chi connectivity index (χ1v) is 12.4. The van der Waals surface area contributed by atoms with Gasteiger partial charge in [-0.05, 0) is 95.8 Å². The first-order valence-electron chi connectivity index (χ1n) is 11.4. The molecule has 0 saturated carbocycles. The number of fused-ring (bicyclic) bond motifs is 3. The molecule has 168 valence electrons. The molecule has 5 rings (SSSR count). The molecule has 3 aromatic carbocycles. The minimum absolute atomic E-state index is 0.176. The van der Waals surface area contributed by atoms with E-state index in [9.17, 15) is 5.11 Å². The van der Waals surface area contributed by atoms with Crippen LogP contribution in [0.25, 0.3) is 0 Å². The number of phenols is 1. The molecule has 0 amide bonds. The van der Waals surface area contributed by atoms with Crippen molar-refractivity contribution in [3.63, 3.8) is 0 Å². The molecule has 2 N–H and O–H groups in total. The molecule has 1 aliphatic heterocycles. The van der Waals surface area contributed by atoms with Crippen molar-refractivity contribution in [2.75, 3.05) is 11.9 Å². The highest BCUT2D eigenvalue weighted by molar-refractivity contribution is 14.1. The van der Waals surface area contributed by atoms with Gasteiger partial charge < -0.3 is 15.2 Å². The van der Waals surface area contributed by atoms with Crippen LogP contribution in [0.15, 0.2) is 71.7 Å². The molecule has 0 saturated heterocycles. The lowest BCUT2D eigenvalue weighted by Crippen LogP contribution is -2.29. The van der Waals surface area contributed by atoms with Crippen LogP contribution >= 0.6 is 22.6 Å². The summed E-state index contributed by atoms with van der Waals surface area (Å²) in [6, 6.07) is 19.2. The number of ether oxygens (including phenoxy) is 1. The fourth-order valence-electron chi connectivity index (χ4n) is 4.89. The molecule has 0 spiro atoms. The molecule has 0 aromatic heterocycles. The summed E-state index contributed by atoms with van der Waals surface area (Å²) in [4.78, 5) is 4.65. The van der Waals surface area contributed by atoms with Gasteiger partial charge in [0, 0.05) is 17.8 Å². The summed E-state index contributed by atoms with van der Waals surface area (Å²) in [5.41, 5.74) is 7.05. The second kappa shape index (κ2) is 9.21. The first-order chi connectivity index (χ1) is 16.0. The van der Waals surface area contributed by atoms with Crippen LogP contribution in [-0.4, -0.2) is 17.9 Å². The van der Waals surface area contributed by atoms with Crippen molar-refractivity contribution in [3.05, 3.63) is 92.6 Å². The summed E-state index contributed by atoms with van der Waals surface area (Å²) in [6.45, 7) is 4.57. The zero-order valence-electron chi connectivity index (χ0n) is 18.8. The van der Waals surface area contributed by atoms with Crippen LogP contribution in [0.5, 0.6) is 11.5 Å². The van der Waals surface area contributed by atoms with Crippen molar-refractivity contribution in [3.8, 4) is 11.5 Å². The van der Waals surface area contributed by atoms with Crippen LogP contribution in [0.2, 0.25) is 0 Å². The Kier molecular flexibility index (Phi) is 6.15. The highest BCUT2D eigenvalue weighted by Crippen LogP contribution is 2.50. The van der Waals surface area contributed by atoms with E-state index in [1.165, 1.54) is 22.4 Å². The first kappa shape index (κ1) is 22.0. The van der Waals surface area contributed by atoms with Crippen molar-refractivity contribution in [1.82, 2.24) is 0 Å². The number of nitrogens with zero attached hydrogens (tertiary/aromatic N) is 1. The van der Waals surface area contributed by atoms with E-state index in [0.29, 0.717) is 24.2 Å². The number of benzene rings is 3. The maximum atomic E-state index is 10.1. The lowest BCUT2D eigenvalue weighted by Gasteiger charge is -2.37. The number of aliphatic imine (C=N–C) groups is 1. The van der Waals surface area contributed by atoms with Gasteiger partial charge in [-0.3, -0.25) is 4.99 Å². The number of hydrogen-bond acceptors (Lipinski definition) is 4. The summed E-state index contributed by atoms with van der Waals surface area (Å²) >= 11 is 2.11. The summed E-state index contributed by atoms with van der Waals surface area (Å²) < 4.78 is 6.27. The van der Waals surface area contributed by atoms with Gasteiger partial charge in [0.25, 0.3) is 0 Å². The van der Waals surface area contributed by atoms with Crippen LogP contribution < -0.4 is 10.1 Å². The summed E-state index contributed by atoms with van der Waals surface area (Å²) in [7, 11) is 0. The van der Waals surface area contributed by atoms with Crippen molar-refractivity contribution < 1.29 is 9.84 Å². The topological polar surface area (TPSA) is 53.8 Å². The number of phenolic OH excluding ortho intramolecular Hbond substituents is 1. The number of rotatable bonds is 5. The van der Waals surface area contributed by atoms with Gasteiger partial charge in [0.05, 0.1) is 21.9 Å². The van der Waals surface area contributed by atoms with Gasteiger partial charge in [-0.1, -0.05) is 42.0 Å². The quantitative estimate of drug-likeness (QED) is 0.200. The molecule has 0 radical (unpaired) electrons. The van der Waals surface area contributed by atoms with Gasteiger partial charge in [0.2, 0.25) is 0 Å². The molecule has 0 fully saturated rings. The molecule has 33 heavy (non-hydrogen) atoms. The molecule has 1 heterocycles. The van der Waals surface area contributed by atoms with Crippen molar-refractivity contribution in [2.45, 2.75) is 32.2 Å². The third-order valence-corrected chi connectivity index (χ3v) is 7.31. The molecular formula is C28H27IN2O2. The van der Waals surface area contributed by atoms with Gasteiger partial charge >= 0.3 is 0 Å². The van der Waals surface area contributed by atoms with Crippen LogP contribution in [-0.2, 0) is 0 Å². The standard InChI is InChI=1S/C28H27IN2O2/c1-3-33-26-15-18(14-24(29)28(26)32)16-30-20-10-8-19(9-11-20)27-22-6-4-5-21(22)23-13-17(2)7-12-25(23)31-27/h4-5,7-16,21-22,27,31-32H,3,6H2,1-2H3/t21-,22+,27+/m1/s1. The average Bonchev–Trinajstić information content (AvgIpc) is 3.31. The van der Waals surface area contributed by atoms with E-state index < -0.39 is 0 Å². The van der Waals surface area contributed by atoms with Crippen molar-refractivity contribution >= 4 is 40.2 Å². The fraction of sp³-hybridized carbons (Fsp3) is 0.250. The molecule has 1 aliphatic carbocycles. The van der Waals surface area contributed by atoms with Crippen molar-refractivity contribution in [2.24, 2.45) is 10.9 Å². The molecule has 3 atom stereocenters. The SMILES string of the molecule is CCOc1cc(C=Nc2ccc([C@@H]3Nc4ccc(C)cc4[C@@H]4C=CC[C@@H]43)cc2)cc(I)c1O. The smallest absolute Gasteiger partial charge is 0.171 e. The van der Waals surface area contributed by atoms with E-state index >= 15 is 0 Å². The van der Waals surface area contributed by atoms with Gasteiger partial charge in [0.1, 0.15) is 0 Å².